The van der Waals surface area contributed by atoms with Gasteiger partial charge in [0.1, 0.15) is 0 Å². The van der Waals surface area contributed by atoms with Crippen LogP contribution in [-0.2, 0) is 0 Å². The highest BCUT2D eigenvalue weighted by atomic mass is 16.7. The molecule has 0 saturated carbocycles. The quantitative estimate of drug-likeness (QED) is 0.900. The first-order valence-corrected chi connectivity index (χ1v) is 6.67. The predicted molar refractivity (Wildman–Crippen MR) is 73.9 cm³/mol. The van der Waals surface area contributed by atoms with Crippen molar-refractivity contribution in [2.24, 2.45) is 5.10 Å². The third kappa shape index (κ3) is 2.29. The molecule has 0 bridgehead atoms. The van der Waals surface area contributed by atoms with Crippen LogP contribution in [0.2, 0.25) is 0 Å². The molecule has 1 aromatic rings. The zero-order valence-corrected chi connectivity index (χ0v) is 11.5. The summed E-state index contributed by atoms with van der Waals surface area (Å²) in [5, 5.41) is 8.50. The summed E-state index contributed by atoms with van der Waals surface area (Å²) in [5.41, 5.74) is 0.991. The number of ether oxygens (including phenoxy) is 2. The Morgan fingerprint density at radius 3 is 3.00 bits per heavy atom. The maximum absolute atomic E-state index is 12.1. The van der Waals surface area contributed by atoms with E-state index in [9.17, 15) is 4.79 Å². The van der Waals surface area contributed by atoms with Crippen LogP contribution >= 0.6 is 0 Å². The first kappa shape index (κ1) is 12.8. The summed E-state index contributed by atoms with van der Waals surface area (Å²) < 4.78 is 10.7. The average molecular weight is 275 g/mol. The number of carbonyl (C=O) groups excluding carboxylic acids is 1. The number of hydrogen-bond acceptors (Lipinski definition) is 4. The minimum absolute atomic E-state index is 0.0794. The Kier molecular flexibility index (Phi) is 3.22. The molecule has 0 spiro atoms. The maximum Gasteiger partial charge on any atom is 0.338 e. The Balaban J connectivity index is 1.81. The van der Waals surface area contributed by atoms with Crippen molar-refractivity contribution in [3.63, 3.8) is 0 Å². The van der Waals surface area contributed by atoms with Crippen LogP contribution in [0, 0.1) is 0 Å². The van der Waals surface area contributed by atoms with Crippen LogP contribution in [0.4, 0.5) is 4.79 Å². The molecule has 6 heteroatoms. The molecule has 2 aliphatic rings. The predicted octanol–water partition coefficient (Wildman–Crippen LogP) is 2.27. The fourth-order valence-corrected chi connectivity index (χ4v) is 2.32. The number of carbonyl (C=O) groups is 1. The average Bonchev–Trinajstić information content (AvgIpc) is 3.06. The Morgan fingerprint density at radius 2 is 2.20 bits per heavy atom. The van der Waals surface area contributed by atoms with E-state index in [1.165, 1.54) is 5.01 Å². The second kappa shape index (κ2) is 5.03. The van der Waals surface area contributed by atoms with Gasteiger partial charge in [-0.25, -0.2) is 9.80 Å². The fraction of sp³-hybridized carbons (Fsp3) is 0.429. The van der Waals surface area contributed by atoms with E-state index in [2.05, 4.69) is 10.4 Å². The molecule has 106 valence electrons. The number of urea groups is 1. The van der Waals surface area contributed by atoms with Crippen molar-refractivity contribution >= 4 is 12.2 Å². The lowest BCUT2D eigenvalue weighted by Crippen LogP contribution is -2.40. The minimum atomic E-state index is -0.184. The first-order chi connectivity index (χ1) is 9.65. The van der Waals surface area contributed by atoms with Gasteiger partial charge in [-0.1, -0.05) is 6.07 Å². The summed E-state index contributed by atoms with van der Waals surface area (Å²) in [6, 6.07) is 5.53. The summed E-state index contributed by atoms with van der Waals surface area (Å²) in [6.07, 6.45) is 2.46. The summed E-state index contributed by atoms with van der Waals surface area (Å²) in [5.74, 6) is 1.46. The Labute approximate surface area is 117 Å². The van der Waals surface area contributed by atoms with Gasteiger partial charge in [-0.15, -0.1) is 0 Å². The van der Waals surface area contributed by atoms with E-state index in [0.717, 1.165) is 17.1 Å². The second-order valence-electron chi connectivity index (χ2n) is 5.11. The molecule has 2 aliphatic heterocycles. The third-order valence-corrected chi connectivity index (χ3v) is 3.23. The lowest BCUT2D eigenvalue weighted by Gasteiger charge is -2.23. The zero-order valence-electron chi connectivity index (χ0n) is 11.5. The summed E-state index contributed by atoms with van der Waals surface area (Å²) in [7, 11) is 0. The van der Waals surface area contributed by atoms with E-state index < -0.39 is 0 Å². The molecule has 0 fully saturated rings. The standard InChI is InChI=1S/C14H17N3O3/c1-9(2)16-14(18)17-11(5-6-15-17)10-3-4-12-13(7-10)20-8-19-12/h3-4,6-7,9,11H,5,8H2,1-2H3,(H,16,18). The first-order valence-electron chi connectivity index (χ1n) is 6.67. The second-order valence-corrected chi connectivity index (χ2v) is 5.11. The molecule has 1 N–H and O–H groups in total. The Hall–Kier alpha value is -2.24. The molecule has 0 aliphatic carbocycles. The van der Waals surface area contributed by atoms with Gasteiger partial charge in [0.15, 0.2) is 11.5 Å². The van der Waals surface area contributed by atoms with Crippen molar-refractivity contribution in [3.05, 3.63) is 23.8 Å². The molecular weight excluding hydrogens is 258 g/mol. The molecular formula is C14H17N3O3. The van der Waals surface area contributed by atoms with Gasteiger partial charge in [-0.2, -0.15) is 5.10 Å². The van der Waals surface area contributed by atoms with E-state index >= 15 is 0 Å². The van der Waals surface area contributed by atoms with Crippen LogP contribution in [0.5, 0.6) is 11.5 Å². The lowest BCUT2D eigenvalue weighted by molar-refractivity contribution is 0.173. The van der Waals surface area contributed by atoms with Gasteiger partial charge in [0.2, 0.25) is 6.79 Å². The molecule has 1 atom stereocenters. The highest BCUT2D eigenvalue weighted by Gasteiger charge is 2.29. The Morgan fingerprint density at radius 1 is 1.40 bits per heavy atom. The van der Waals surface area contributed by atoms with Gasteiger partial charge < -0.3 is 14.8 Å². The number of nitrogens with one attached hydrogen (secondary N) is 1. The molecule has 1 aromatic carbocycles. The third-order valence-electron chi connectivity index (χ3n) is 3.23. The lowest BCUT2D eigenvalue weighted by atomic mass is 10.0. The minimum Gasteiger partial charge on any atom is -0.454 e. The van der Waals surface area contributed by atoms with Gasteiger partial charge >= 0.3 is 6.03 Å². The number of hydrogen-bond donors (Lipinski definition) is 1. The molecule has 2 amide bonds. The van der Waals surface area contributed by atoms with Crippen molar-refractivity contribution in [2.75, 3.05) is 6.79 Å². The Bertz CT molecular complexity index is 557. The van der Waals surface area contributed by atoms with Gasteiger partial charge in [0.25, 0.3) is 0 Å². The van der Waals surface area contributed by atoms with Crippen molar-refractivity contribution in [1.29, 1.82) is 0 Å². The molecule has 3 rings (SSSR count). The van der Waals surface area contributed by atoms with Gasteiger partial charge in [-0.05, 0) is 31.5 Å². The molecule has 2 heterocycles. The van der Waals surface area contributed by atoms with Crippen LogP contribution in [0.25, 0.3) is 0 Å². The number of amides is 2. The zero-order chi connectivity index (χ0) is 14.1. The summed E-state index contributed by atoms with van der Waals surface area (Å²) in [4.78, 5) is 12.1. The molecule has 20 heavy (non-hydrogen) atoms. The van der Waals surface area contributed by atoms with E-state index in [0.29, 0.717) is 6.42 Å². The molecule has 1 unspecified atom stereocenters. The number of benzene rings is 1. The number of hydrazone groups is 1. The highest BCUT2D eigenvalue weighted by Crippen LogP contribution is 2.37. The van der Waals surface area contributed by atoms with Crippen LogP contribution in [-0.4, -0.2) is 30.1 Å². The van der Waals surface area contributed by atoms with Crippen LogP contribution < -0.4 is 14.8 Å². The van der Waals surface area contributed by atoms with Crippen LogP contribution in [0.3, 0.4) is 0 Å². The van der Waals surface area contributed by atoms with Crippen molar-refractivity contribution in [3.8, 4) is 11.5 Å². The van der Waals surface area contributed by atoms with E-state index in [4.69, 9.17) is 9.47 Å². The molecule has 0 aromatic heterocycles. The van der Waals surface area contributed by atoms with Gasteiger partial charge in [0, 0.05) is 18.7 Å². The van der Waals surface area contributed by atoms with E-state index in [1.807, 2.05) is 32.0 Å². The molecule has 0 saturated heterocycles. The highest BCUT2D eigenvalue weighted by molar-refractivity contribution is 5.78. The number of rotatable bonds is 2. The fourth-order valence-electron chi connectivity index (χ4n) is 2.32. The van der Waals surface area contributed by atoms with Crippen LogP contribution in [0.1, 0.15) is 31.9 Å². The SMILES string of the molecule is CC(C)NC(=O)N1N=CCC1c1ccc2c(c1)OCO2. The van der Waals surface area contributed by atoms with E-state index in [1.54, 1.807) is 6.21 Å². The molecule has 6 nitrogen and oxygen atoms in total. The maximum atomic E-state index is 12.1. The normalized spacial score (nSPS) is 19.8. The summed E-state index contributed by atoms with van der Waals surface area (Å²) >= 11 is 0. The van der Waals surface area contributed by atoms with E-state index in [-0.39, 0.29) is 24.9 Å². The van der Waals surface area contributed by atoms with Crippen molar-refractivity contribution in [2.45, 2.75) is 32.4 Å². The van der Waals surface area contributed by atoms with Gasteiger partial charge in [-0.3, -0.25) is 0 Å². The largest absolute Gasteiger partial charge is 0.454 e. The monoisotopic (exact) mass is 275 g/mol. The van der Waals surface area contributed by atoms with Gasteiger partial charge in [0.05, 0.1) is 6.04 Å². The molecule has 0 radical (unpaired) electrons. The van der Waals surface area contributed by atoms with Crippen LogP contribution in [0.15, 0.2) is 23.3 Å². The topological polar surface area (TPSA) is 63.2 Å². The van der Waals surface area contributed by atoms with Crippen molar-refractivity contribution in [1.82, 2.24) is 10.3 Å². The number of fused-ring (bicyclic) bond motifs is 1. The van der Waals surface area contributed by atoms with Crippen molar-refractivity contribution < 1.29 is 14.3 Å². The summed E-state index contributed by atoms with van der Waals surface area (Å²) in [6.45, 7) is 4.10. The smallest absolute Gasteiger partial charge is 0.338 e. The number of nitrogens with zero attached hydrogens (tertiary/aromatic N) is 2.